The molecule has 4 aromatic rings. The maximum atomic E-state index is 13.4. The molecule has 10 heteroatoms. The van der Waals surface area contributed by atoms with Crippen molar-refractivity contribution in [3.63, 3.8) is 0 Å². The normalized spacial score (nSPS) is 12.7. The van der Waals surface area contributed by atoms with Crippen molar-refractivity contribution >= 4 is 16.7 Å². The van der Waals surface area contributed by atoms with Crippen molar-refractivity contribution in [2.75, 3.05) is 7.11 Å². The van der Waals surface area contributed by atoms with Gasteiger partial charge in [0.25, 0.3) is 0 Å². The molecule has 0 aliphatic rings. The van der Waals surface area contributed by atoms with Gasteiger partial charge in [-0.3, -0.25) is 4.40 Å². The van der Waals surface area contributed by atoms with Crippen LogP contribution in [0.25, 0.3) is 27.9 Å². The zero-order valence-corrected chi connectivity index (χ0v) is 14.6. The predicted octanol–water partition coefficient (Wildman–Crippen LogP) is 5.60. The van der Waals surface area contributed by atoms with Crippen LogP contribution >= 0.6 is 0 Å². The van der Waals surface area contributed by atoms with Crippen LogP contribution in [0.3, 0.4) is 0 Å². The first-order valence-corrected chi connectivity index (χ1v) is 8.19. The summed E-state index contributed by atoms with van der Waals surface area (Å²) in [5.41, 5.74) is -2.35. The SMILES string of the molecule is COc1ccc(-c2cn3c(ccc4c(C(F)(F)F)cc(C(F)(F)F)nc43)n2)cc1. The minimum atomic E-state index is -5.03. The Morgan fingerprint density at radius 3 is 2.14 bits per heavy atom. The quantitative estimate of drug-likeness (QED) is 0.404. The monoisotopic (exact) mass is 411 g/mol. The summed E-state index contributed by atoms with van der Waals surface area (Å²) in [5.74, 6) is 0.592. The molecule has 29 heavy (non-hydrogen) atoms. The van der Waals surface area contributed by atoms with Gasteiger partial charge in [-0.1, -0.05) is 0 Å². The molecule has 150 valence electrons. The maximum Gasteiger partial charge on any atom is 0.433 e. The Balaban J connectivity index is 2.00. The Hall–Kier alpha value is -3.30. The molecule has 0 spiro atoms. The van der Waals surface area contributed by atoms with Gasteiger partial charge in [-0.05, 0) is 42.5 Å². The number of fused-ring (bicyclic) bond motifs is 3. The number of imidazole rings is 1. The number of benzene rings is 1. The molecule has 3 aromatic heterocycles. The highest BCUT2D eigenvalue weighted by Crippen LogP contribution is 2.39. The second-order valence-corrected chi connectivity index (χ2v) is 6.20. The van der Waals surface area contributed by atoms with E-state index in [1.54, 1.807) is 24.3 Å². The number of hydrogen-bond acceptors (Lipinski definition) is 3. The van der Waals surface area contributed by atoms with E-state index in [2.05, 4.69) is 9.97 Å². The summed E-state index contributed by atoms with van der Waals surface area (Å²) >= 11 is 0. The Bertz CT molecular complexity index is 1210. The van der Waals surface area contributed by atoms with E-state index in [4.69, 9.17) is 4.74 Å². The molecule has 3 heterocycles. The third-order valence-electron chi connectivity index (χ3n) is 4.38. The average Bonchev–Trinajstić information content (AvgIpc) is 3.10. The summed E-state index contributed by atoms with van der Waals surface area (Å²) in [7, 11) is 1.49. The number of methoxy groups -OCH3 is 1. The van der Waals surface area contributed by atoms with E-state index >= 15 is 0 Å². The highest BCUT2D eigenvalue weighted by molar-refractivity contribution is 5.84. The van der Waals surface area contributed by atoms with E-state index in [0.717, 1.165) is 10.5 Å². The number of ether oxygens (including phenoxy) is 1. The molecule has 0 fully saturated rings. The third kappa shape index (κ3) is 3.34. The summed E-state index contributed by atoms with van der Waals surface area (Å²) < 4.78 is 85.9. The predicted molar refractivity (Wildman–Crippen MR) is 92.5 cm³/mol. The summed E-state index contributed by atoms with van der Waals surface area (Å²) in [6.45, 7) is 0. The van der Waals surface area contributed by atoms with E-state index in [0.29, 0.717) is 17.0 Å². The highest BCUT2D eigenvalue weighted by atomic mass is 19.4. The van der Waals surface area contributed by atoms with Crippen molar-refractivity contribution in [1.82, 2.24) is 14.4 Å². The van der Waals surface area contributed by atoms with E-state index in [1.165, 1.54) is 19.4 Å². The number of nitrogens with zero attached hydrogens (tertiary/aromatic N) is 3. The van der Waals surface area contributed by atoms with Gasteiger partial charge in [0, 0.05) is 17.1 Å². The molecule has 0 bridgehead atoms. The van der Waals surface area contributed by atoms with Crippen LogP contribution in [0.15, 0.2) is 48.7 Å². The van der Waals surface area contributed by atoms with Crippen LogP contribution in [-0.4, -0.2) is 21.5 Å². The van der Waals surface area contributed by atoms with Crippen LogP contribution in [-0.2, 0) is 12.4 Å². The minimum Gasteiger partial charge on any atom is -0.497 e. The van der Waals surface area contributed by atoms with Gasteiger partial charge in [-0.15, -0.1) is 0 Å². The molecule has 0 saturated heterocycles. The Morgan fingerprint density at radius 1 is 0.862 bits per heavy atom. The zero-order chi connectivity index (χ0) is 21.0. The lowest BCUT2D eigenvalue weighted by atomic mass is 10.1. The Morgan fingerprint density at radius 2 is 1.55 bits per heavy atom. The molecule has 0 unspecified atom stereocenters. The van der Waals surface area contributed by atoms with Gasteiger partial charge in [0.1, 0.15) is 22.7 Å². The van der Waals surface area contributed by atoms with Crippen molar-refractivity contribution in [1.29, 1.82) is 0 Å². The lowest BCUT2D eigenvalue weighted by Crippen LogP contribution is -2.14. The molecular formula is C19H11F6N3O. The fourth-order valence-corrected chi connectivity index (χ4v) is 3.01. The van der Waals surface area contributed by atoms with Gasteiger partial charge in [-0.2, -0.15) is 26.3 Å². The third-order valence-corrected chi connectivity index (χ3v) is 4.38. The van der Waals surface area contributed by atoms with Gasteiger partial charge < -0.3 is 4.74 Å². The molecular weight excluding hydrogens is 400 g/mol. The number of aromatic nitrogens is 3. The van der Waals surface area contributed by atoms with E-state index < -0.39 is 34.6 Å². The molecule has 4 nitrogen and oxygen atoms in total. The van der Waals surface area contributed by atoms with Crippen molar-refractivity contribution in [3.8, 4) is 17.0 Å². The fourth-order valence-electron chi connectivity index (χ4n) is 3.01. The van der Waals surface area contributed by atoms with E-state index in [1.807, 2.05) is 0 Å². The number of hydrogen-bond donors (Lipinski definition) is 0. The first-order chi connectivity index (χ1) is 13.6. The summed E-state index contributed by atoms with van der Waals surface area (Å²) in [6.07, 6.45) is -8.66. The smallest absolute Gasteiger partial charge is 0.433 e. The number of pyridine rings is 2. The number of halogens is 6. The Labute approximate surface area is 159 Å². The second-order valence-electron chi connectivity index (χ2n) is 6.20. The maximum absolute atomic E-state index is 13.4. The minimum absolute atomic E-state index is 0.0233. The second kappa shape index (κ2) is 6.36. The number of alkyl halides is 6. The van der Waals surface area contributed by atoms with Crippen LogP contribution in [0.4, 0.5) is 26.3 Å². The van der Waals surface area contributed by atoms with Crippen LogP contribution in [0.2, 0.25) is 0 Å². The van der Waals surface area contributed by atoms with Crippen LogP contribution in [0.1, 0.15) is 11.3 Å². The van der Waals surface area contributed by atoms with Gasteiger partial charge >= 0.3 is 12.4 Å². The molecule has 0 amide bonds. The molecule has 0 aliphatic carbocycles. The standard InChI is InChI=1S/C19H11F6N3O/c1-29-11-4-2-10(3-5-11)14-9-28-16(26-14)7-6-12-13(18(20,21)22)8-15(19(23,24)25)27-17(12)28/h2-9H,1H3. The zero-order valence-electron chi connectivity index (χ0n) is 14.6. The van der Waals surface area contributed by atoms with Crippen molar-refractivity contribution in [2.24, 2.45) is 0 Å². The van der Waals surface area contributed by atoms with Crippen molar-refractivity contribution in [2.45, 2.75) is 12.4 Å². The topological polar surface area (TPSA) is 39.4 Å². The Kier molecular flexibility index (Phi) is 4.18. The van der Waals surface area contributed by atoms with Gasteiger partial charge in [0.2, 0.25) is 0 Å². The van der Waals surface area contributed by atoms with Crippen LogP contribution in [0.5, 0.6) is 5.75 Å². The molecule has 0 aliphatic heterocycles. The highest BCUT2D eigenvalue weighted by Gasteiger charge is 2.39. The molecule has 0 radical (unpaired) electrons. The first-order valence-electron chi connectivity index (χ1n) is 8.19. The molecule has 0 atom stereocenters. The largest absolute Gasteiger partial charge is 0.497 e. The van der Waals surface area contributed by atoms with E-state index in [9.17, 15) is 26.3 Å². The van der Waals surface area contributed by atoms with Crippen molar-refractivity contribution in [3.05, 3.63) is 59.9 Å². The summed E-state index contributed by atoms with van der Waals surface area (Å²) in [6, 6.07) is 9.09. The van der Waals surface area contributed by atoms with Gasteiger partial charge in [-0.25, -0.2) is 9.97 Å². The average molecular weight is 411 g/mol. The lowest BCUT2D eigenvalue weighted by molar-refractivity contribution is -0.144. The van der Waals surface area contributed by atoms with Crippen LogP contribution in [0, 0.1) is 0 Å². The molecule has 4 rings (SSSR count). The molecule has 0 saturated carbocycles. The summed E-state index contributed by atoms with van der Waals surface area (Å²) in [5, 5.41) is -0.448. The van der Waals surface area contributed by atoms with Gasteiger partial charge in [0.15, 0.2) is 0 Å². The van der Waals surface area contributed by atoms with E-state index in [-0.39, 0.29) is 11.7 Å². The van der Waals surface area contributed by atoms with Crippen molar-refractivity contribution < 1.29 is 31.1 Å². The molecule has 1 aromatic carbocycles. The van der Waals surface area contributed by atoms with Gasteiger partial charge in [0.05, 0.1) is 18.4 Å². The van der Waals surface area contributed by atoms with Crippen LogP contribution < -0.4 is 4.74 Å². The lowest BCUT2D eigenvalue weighted by Gasteiger charge is -2.14. The molecule has 0 N–H and O–H groups in total. The summed E-state index contributed by atoms with van der Waals surface area (Å²) in [4.78, 5) is 7.75. The fraction of sp³-hybridized carbons (Fsp3) is 0.158. The number of rotatable bonds is 2. The first kappa shape index (κ1) is 19.0.